The number of rotatable bonds is 3. The Morgan fingerprint density at radius 3 is 3.00 bits per heavy atom. The average Bonchev–Trinajstić information content (AvgIpc) is 2.76. The lowest BCUT2D eigenvalue weighted by atomic mass is 10.1. The molecule has 0 aromatic carbocycles. The van der Waals surface area contributed by atoms with E-state index in [1.165, 1.54) is 0 Å². The van der Waals surface area contributed by atoms with E-state index >= 15 is 0 Å². The van der Waals surface area contributed by atoms with E-state index in [4.69, 9.17) is 4.74 Å². The lowest BCUT2D eigenvalue weighted by Crippen LogP contribution is -2.37. The zero-order valence-corrected chi connectivity index (χ0v) is 9.60. The number of hydrogen-bond acceptors (Lipinski definition) is 3. The van der Waals surface area contributed by atoms with E-state index in [9.17, 15) is 0 Å². The van der Waals surface area contributed by atoms with Gasteiger partial charge in [-0.05, 0) is 20.3 Å². The standard InChI is InChI=1S/C11H19N3O/c1-8(11-12-5-6-14(11)3)13-10-4-7-15-9(10)2/h5-6,8-10,13H,4,7H2,1-3H3. The van der Waals surface area contributed by atoms with E-state index in [2.05, 4.69) is 28.7 Å². The number of nitrogens with zero attached hydrogens (tertiary/aromatic N) is 2. The second-order valence-electron chi connectivity index (χ2n) is 4.26. The minimum Gasteiger partial charge on any atom is -0.377 e. The molecule has 0 amide bonds. The molecule has 1 aromatic rings. The molecule has 1 N–H and O–H groups in total. The van der Waals surface area contributed by atoms with E-state index in [0.29, 0.717) is 12.1 Å². The summed E-state index contributed by atoms with van der Waals surface area (Å²) in [6.45, 7) is 5.13. The molecule has 2 heterocycles. The molecule has 0 radical (unpaired) electrons. The highest BCUT2D eigenvalue weighted by Crippen LogP contribution is 2.17. The molecule has 1 saturated heterocycles. The molecule has 0 saturated carbocycles. The summed E-state index contributed by atoms with van der Waals surface area (Å²) in [4.78, 5) is 4.34. The first-order valence-electron chi connectivity index (χ1n) is 5.53. The van der Waals surface area contributed by atoms with Gasteiger partial charge in [0.15, 0.2) is 0 Å². The van der Waals surface area contributed by atoms with Crippen LogP contribution in [-0.2, 0) is 11.8 Å². The molecule has 1 aromatic heterocycles. The Hall–Kier alpha value is -0.870. The van der Waals surface area contributed by atoms with Gasteiger partial charge in [0.2, 0.25) is 0 Å². The van der Waals surface area contributed by atoms with Crippen molar-refractivity contribution in [3.63, 3.8) is 0 Å². The number of aromatic nitrogens is 2. The highest BCUT2D eigenvalue weighted by Gasteiger charge is 2.26. The highest BCUT2D eigenvalue weighted by molar-refractivity contribution is 4.98. The second-order valence-corrected chi connectivity index (χ2v) is 4.26. The number of imidazole rings is 1. The third kappa shape index (κ3) is 2.21. The largest absolute Gasteiger partial charge is 0.377 e. The van der Waals surface area contributed by atoms with Gasteiger partial charge in [0.05, 0.1) is 12.1 Å². The second kappa shape index (κ2) is 4.33. The molecular weight excluding hydrogens is 190 g/mol. The number of aryl methyl sites for hydroxylation is 1. The molecule has 3 atom stereocenters. The quantitative estimate of drug-likeness (QED) is 0.814. The van der Waals surface area contributed by atoms with Crippen LogP contribution >= 0.6 is 0 Å². The summed E-state index contributed by atoms with van der Waals surface area (Å²) in [5, 5.41) is 3.56. The lowest BCUT2D eigenvalue weighted by Gasteiger charge is -2.21. The van der Waals surface area contributed by atoms with Gasteiger partial charge >= 0.3 is 0 Å². The maximum atomic E-state index is 5.52. The Bertz CT molecular complexity index is 323. The van der Waals surface area contributed by atoms with E-state index in [1.807, 2.05) is 19.4 Å². The zero-order chi connectivity index (χ0) is 10.8. The Labute approximate surface area is 90.6 Å². The summed E-state index contributed by atoms with van der Waals surface area (Å²) in [6.07, 6.45) is 5.22. The van der Waals surface area contributed by atoms with Crippen molar-refractivity contribution in [2.24, 2.45) is 7.05 Å². The van der Waals surface area contributed by atoms with Crippen LogP contribution in [0.5, 0.6) is 0 Å². The van der Waals surface area contributed by atoms with Crippen molar-refractivity contribution in [1.82, 2.24) is 14.9 Å². The number of nitrogens with one attached hydrogen (secondary N) is 1. The fourth-order valence-corrected chi connectivity index (χ4v) is 2.14. The third-order valence-electron chi connectivity index (χ3n) is 3.09. The van der Waals surface area contributed by atoms with Crippen LogP contribution in [0.25, 0.3) is 0 Å². The van der Waals surface area contributed by atoms with Crippen LogP contribution < -0.4 is 5.32 Å². The smallest absolute Gasteiger partial charge is 0.125 e. The average molecular weight is 209 g/mol. The van der Waals surface area contributed by atoms with Crippen LogP contribution in [0.1, 0.15) is 32.1 Å². The Balaban J connectivity index is 1.97. The van der Waals surface area contributed by atoms with Crippen molar-refractivity contribution >= 4 is 0 Å². The van der Waals surface area contributed by atoms with Gasteiger partial charge in [-0.15, -0.1) is 0 Å². The molecule has 0 spiro atoms. The minimum absolute atomic E-state index is 0.277. The van der Waals surface area contributed by atoms with Crippen molar-refractivity contribution < 1.29 is 4.74 Å². The SMILES string of the molecule is CC(NC1CCOC1C)c1nccn1C. The van der Waals surface area contributed by atoms with E-state index in [0.717, 1.165) is 18.9 Å². The van der Waals surface area contributed by atoms with Crippen LogP contribution in [0, 0.1) is 0 Å². The molecule has 4 heteroatoms. The number of ether oxygens (including phenoxy) is 1. The van der Waals surface area contributed by atoms with Gasteiger partial charge in [0, 0.05) is 32.1 Å². The normalized spacial score (nSPS) is 28.2. The number of hydrogen-bond donors (Lipinski definition) is 1. The van der Waals surface area contributed by atoms with Gasteiger partial charge in [-0.3, -0.25) is 0 Å². The minimum atomic E-state index is 0.277. The maximum absolute atomic E-state index is 5.52. The summed E-state index contributed by atoms with van der Waals surface area (Å²) in [7, 11) is 2.02. The summed E-state index contributed by atoms with van der Waals surface area (Å²) >= 11 is 0. The van der Waals surface area contributed by atoms with Gasteiger partial charge < -0.3 is 14.6 Å². The molecule has 0 bridgehead atoms. The molecule has 4 nitrogen and oxygen atoms in total. The van der Waals surface area contributed by atoms with E-state index in [1.54, 1.807) is 0 Å². The van der Waals surface area contributed by atoms with Crippen LogP contribution in [0.2, 0.25) is 0 Å². The lowest BCUT2D eigenvalue weighted by molar-refractivity contribution is 0.111. The van der Waals surface area contributed by atoms with Gasteiger partial charge in [0.25, 0.3) is 0 Å². The first-order valence-corrected chi connectivity index (χ1v) is 5.53. The molecule has 15 heavy (non-hydrogen) atoms. The van der Waals surface area contributed by atoms with E-state index < -0.39 is 0 Å². The molecule has 1 aliphatic rings. The Kier molecular flexibility index (Phi) is 3.07. The van der Waals surface area contributed by atoms with Crippen molar-refractivity contribution in [3.05, 3.63) is 18.2 Å². The van der Waals surface area contributed by atoms with Crippen molar-refractivity contribution in [2.75, 3.05) is 6.61 Å². The fraction of sp³-hybridized carbons (Fsp3) is 0.727. The summed E-state index contributed by atoms with van der Waals surface area (Å²) in [5.41, 5.74) is 0. The molecule has 84 valence electrons. The predicted molar refractivity (Wildman–Crippen MR) is 58.6 cm³/mol. The van der Waals surface area contributed by atoms with Gasteiger partial charge in [-0.1, -0.05) is 0 Å². The first kappa shape index (κ1) is 10.6. The van der Waals surface area contributed by atoms with Gasteiger partial charge in [-0.2, -0.15) is 0 Å². The van der Waals surface area contributed by atoms with Crippen LogP contribution in [0.15, 0.2) is 12.4 Å². The van der Waals surface area contributed by atoms with E-state index in [-0.39, 0.29) is 6.04 Å². The molecule has 1 fully saturated rings. The van der Waals surface area contributed by atoms with Crippen molar-refractivity contribution in [3.8, 4) is 0 Å². The molecule has 2 rings (SSSR count). The highest BCUT2D eigenvalue weighted by atomic mass is 16.5. The van der Waals surface area contributed by atoms with Gasteiger partial charge in [0.1, 0.15) is 5.82 Å². The summed E-state index contributed by atoms with van der Waals surface area (Å²) < 4.78 is 7.58. The Morgan fingerprint density at radius 1 is 1.67 bits per heavy atom. The molecule has 1 aliphatic heterocycles. The van der Waals surface area contributed by atoms with Gasteiger partial charge in [-0.25, -0.2) is 4.98 Å². The van der Waals surface area contributed by atoms with Crippen LogP contribution in [0.3, 0.4) is 0 Å². The fourth-order valence-electron chi connectivity index (χ4n) is 2.14. The van der Waals surface area contributed by atoms with Crippen LogP contribution in [0.4, 0.5) is 0 Å². The third-order valence-corrected chi connectivity index (χ3v) is 3.09. The topological polar surface area (TPSA) is 39.1 Å². The first-order chi connectivity index (χ1) is 7.18. The van der Waals surface area contributed by atoms with Crippen molar-refractivity contribution in [2.45, 2.75) is 38.5 Å². The molecule has 0 aliphatic carbocycles. The molecule has 3 unspecified atom stereocenters. The summed E-state index contributed by atoms with van der Waals surface area (Å²) in [5.74, 6) is 1.08. The van der Waals surface area contributed by atoms with Crippen molar-refractivity contribution in [1.29, 1.82) is 0 Å². The zero-order valence-electron chi connectivity index (χ0n) is 9.60. The predicted octanol–water partition coefficient (Wildman–Crippen LogP) is 1.25. The monoisotopic (exact) mass is 209 g/mol. The Morgan fingerprint density at radius 2 is 2.47 bits per heavy atom. The maximum Gasteiger partial charge on any atom is 0.125 e. The molecular formula is C11H19N3O. The van der Waals surface area contributed by atoms with Crippen LogP contribution in [-0.4, -0.2) is 28.3 Å². The summed E-state index contributed by atoms with van der Waals surface area (Å²) in [6, 6.07) is 0.732.